The molecule has 4 nitrogen and oxygen atoms in total. The fraction of sp³-hybridized carbons (Fsp3) is 0.500. The summed E-state index contributed by atoms with van der Waals surface area (Å²) >= 11 is 5.92. The van der Waals surface area contributed by atoms with Crippen molar-refractivity contribution in [1.29, 1.82) is 0 Å². The normalized spacial score (nSPS) is 23.6. The number of ether oxygens (including phenoxy) is 1. The molecule has 1 aliphatic rings. The van der Waals surface area contributed by atoms with Gasteiger partial charge in [-0.2, -0.15) is 0 Å². The number of pyridine rings is 1. The summed E-state index contributed by atoms with van der Waals surface area (Å²) in [6.07, 6.45) is 4.24. The second-order valence-electron chi connectivity index (χ2n) is 4.19. The highest BCUT2D eigenvalue weighted by atomic mass is 35.5. The van der Waals surface area contributed by atoms with Crippen LogP contribution in [0.4, 0.5) is 0 Å². The van der Waals surface area contributed by atoms with Crippen LogP contribution < -0.4 is 5.32 Å². The van der Waals surface area contributed by atoms with Gasteiger partial charge in [-0.1, -0.05) is 11.6 Å². The fourth-order valence-corrected chi connectivity index (χ4v) is 2.10. The van der Waals surface area contributed by atoms with Crippen molar-refractivity contribution >= 4 is 17.5 Å². The summed E-state index contributed by atoms with van der Waals surface area (Å²) in [4.78, 5) is 15.7. The zero-order valence-corrected chi connectivity index (χ0v) is 10.4. The summed E-state index contributed by atoms with van der Waals surface area (Å²) in [6.45, 7) is 3.42. The van der Waals surface area contributed by atoms with E-state index in [0.717, 1.165) is 13.0 Å². The molecule has 2 rings (SSSR count). The van der Waals surface area contributed by atoms with E-state index in [1.807, 2.05) is 6.92 Å². The first-order chi connectivity index (χ1) is 8.18. The van der Waals surface area contributed by atoms with Crippen LogP contribution in [0.2, 0.25) is 5.02 Å². The van der Waals surface area contributed by atoms with Gasteiger partial charge in [-0.25, -0.2) is 0 Å². The molecule has 2 unspecified atom stereocenters. The van der Waals surface area contributed by atoms with Gasteiger partial charge in [0.05, 0.1) is 16.7 Å². The lowest BCUT2D eigenvalue weighted by atomic mass is 10.0. The number of rotatable bonds is 3. The minimum atomic E-state index is -0.179. The van der Waals surface area contributed by atoms with E-state index in [9.17, 15) is 4.79 Å². The van der Waals surface area contributed by atoms with Gasteiger partial charge in [0.25, 0.3) is 5.91 Å². The Hall–Kier alpha value is -1.13. The average molecular weight is 255 g/mol. The number of nitrogens with zero attached hydrogens (tertiary/aromatic N) is 1. The topological polar surface area (TPSA) is 51.2 Å². The number of amides is 1. The van der Waals surface area contributed by atoms with Crippen molar-refractivity contribution < 1.29 is 9.53 Å². The Kier molecular flexibility index (Phi) is 3.97. The van der Waals surface area contributed by atoms with Gasteiger partial charge in [-0.05, 0) is 19.4 Å². The van der Waals surface area contributed by atoms with E-state index in [1.165, 1.54) is 6.20 Å². The van der Waals surface area contributed by atoms with Gasteiger partial charge < -0.3 is 10.1 Å². The fourth-order valence-electron chi connectivity index (χ4n) is 1.91. The van der Waals surface area contributed by atoms with Crippen LogP contribution in [0.1, 0.15) is 23.7 Å². The largest absolute Gasteiger partial charge is 0.378 e. The molecule has 0 saturated carbocycles. The van der Waals surface area contributed by atoms with E-state index in [-0.39, 0.29) is 12.0 Å². The average Bonchev–Trinajstić information content (AvgIpc) is 2.72. The maximum absolute atomic E-state index is 11.9. The summed E-state index contributed by atoms with van der Waals surface area (Å²) in [5.74, 6) is 0.205. The van der Waals surface area contributed by atoms with Crippen molar-refractivity contribution in [2.75, 3.05) is 13.2 Å². The molecule has 0 spiro atoms. The second kappa shape index (κ2) is 5.47. The first kappa shape index (κ1) is 12.3. The Morgan fingerprint density at radius 2 is 2.53 bits per heavy atom. The van der Waals surface area contributed by atoms with Gasteiger partial charge in [0.15, 0.2) is 0 Å². The minimum Gasteiger partial charge on any atom is -0.378 e. The third-order valence-corrected chi connectivity index (χ3v) is 3.40. The van der Waals surface area contributed by atoms with Gasteiger partial charge in [-0.3, -0.25) is 9.78 Å². The monoisotopic (exact) mass is 254 g/mol. The molecule has 0 radical (unpaired) electrons. The molecule has 2 atom stereocenters. The third kappa shape index (κ3) is 2.96. The maximum Gasteiger partial charge on any atom is 0.254 e. The van der Waals surface area contributed by atoms with E-state index in [0.29, 0.717) is 23.0 Å². The predicted molar refractivity (Wildman–Crippen MR) is 65.1 cm³/mol. The van der Waals surface area contributed by atoms with Crippen molar-refractivity contribution in [3.63, 3.8) is 0 Å². The van der Waals surface area contributed by atoms with Crippen LogP contribution in [0.25, 0.3) is 0 Å². The van der Waals surface area contributed by atoms with Crippen LogP contribution in [-0.2, 0) is 4.74 Å². The van der Waals surface area contributed by atoms with Crippen LogP contribution in [0.5, 0.6) is 0 Å². The van der Waals surface area contributed by atoms with Crippen LogP contribution in [0.3, 0.4) is 0 Å². The number of hydrogen-bond acceptors (Lipinski definition) is 3. The molecule has 1 saturated heterocycles. The van der Waals surface area contributed by atoms with Gasteiger partial charge in [0.2, 0.25) is 0 Å². The number of carbonyl (C=O) groups excluding carboxylic acids is 1. The zero-order chi connectivity index (χ0) is 12.3. The second-order valence-corrected chi connectivity index (χ2v) is 4.60. The Labute approximate surface area is 105 Å². The van der Waals surface area contributed by atoms with Crippen molar-refractivity contribution in [3.8, 4) is 0 Å². The number of carbonyl (C=O) groups is 1. The van der Waals surface area contributed by atoms with E-state index in [4.69, 9.17) is 16.3 Å². The lowest BCUT2D eigenvalue weighted by Crippen LogP contribution is -2.32. The molecule has 1 aromatic rings. The molecule has 1 aliphatic heterocycles. The highest BCUT2D eigenvalue weighted by molar-refractivity contribution is 6.33. The van der Waals surface area contributed by atoms with Crippen molar-refractivity contribution in [1.82, 2.24) is 10.3 Å². The summed E-state index contributed by atoms with van der Waals surface area (Å²) in [7, 11) is 0. The van der Waals surface area contributed by atoms with Crippen molar-refractivity contribution in [2.45, 2.75) is 19.4 Å². The molecule has 0 aliphatic carbocycles. The highest BCUT2D eigenvalue weighted by Gasteiger charge is 2.24. The van der Waals surface area contributed by atoms with Crippen LogP contribution in [-0.4, -0.2) is 30.1 Å². The highest BCUT2D eigenvalue weighted by Crippen LogP contribution is 2.20. The predicted octanol–water partition coefficient (Wildman–Crippen LogP) is 1.89. The molecular weight excluding hydrogens is 240 g/mol. The standard InChI is InChI=1S/C12H15ClN2O2/c1-8-9(3-5-17-8)6-15-12(16)10-7-14-4-2-11(10)13/h2,4,7-9H,3,5-6H2,1H3,(H,15,16). The quantitative estimate of drug-likeness (QED) is 0.896. The lowest BCUT2D eigenvalue weighted by molar-refractivity contribution is 0.0907. The zero-order valence-electron chi connectivity index (χ0n) is 9.65. The number of halogens is 1. The van der Waals surface area contributed by atoms with Gasteiger partial charge >= 0.3 is 0 Å². The number of aromatic nitrogens is 1. The molecule has 1 aromatic heterocycles. The van der Waals surface area contributed by atoms with Crippen LogP contribution >= 0.6 is 11.6 Å². The SMILES string of the molecule is CC1OCCC1CNC(=O)c1cnccc1Cl. The van der Waals surface area contributed by atoms with E-state index in [2.05, 4.69) is 10.3 Å². The Morgan fingerprint density at radius 3 is 3.18 bits per heavy atom. The first-order valence-electron chi connectivity index (χ1n) is 5.68. The molecule has 0 aromatic carbocycles. The van der Waals surface area contributed by atoms with E-state index < -0.39 is 0 Å². The summed E-state index contributed by atoms with van der Waals surface area (Å²) < 4.78 is 5.44. The summed E-state index contributed by atoms with van der Waals surface area (Å²) in [5, 5.41) is 3.29. The molecule has 5 heteroatoms. The molecule has 1 N–H and O–H groups in total. The summed E-state index contributed by atoms with van der Waals surface area (Å²) in [5.41, 5.74) is 0.417. The first-order valence-corrected chi connectivity index (χ1v) is 6.05. The van der Waals surface area contributed by atoms with E-state index >= 15 is 0 Å². The molecule has 2 heterocycles. The molecule has 1 amide bonds. The lowest BCUT2D eigenvalue weighted by Gasteiger charge is -2.14. The maximum atomic E-state index is 11.9. The Bertz CT molecular complexity index is 411. The van der Waals surface area contributed by atoms with Gasteiger partial charge in [-0.15, -0.1) is 0 Å². The minimum absolute atomic E-state index is 0.179. The molecule has 0 bridgehead atoms. The Balaban J connectivity index is 1.91. The molecule has 92 valence electrons. The van der Waals surface area contributed by atoms with Crippen molar-refractivity contribution in [2.24, 2.45) is 5.92 Å². The number of nitrogens with one attached hydrogen (secondary N) is 1. The van der Waals surface area contributed by atoms with Crippen molar-refractivity contribution in [3.05, 3.63) is 29.0 Å². The van der Waals surface area contributed by atoms with Crippen LogP contribution in [0.15, 0.2) is 18.5 Å². The Morgan fingerprint density at radius 1 is 1.71 bits per heavy atom. The van der Waals surface area contributed by atoms with Crippen LogP contribution in [0, 0.1) is 5.92 Å². The van der Waals surface area contributed by atoms with E-state index in [1.54, 1.807) is 12.3 Å². The molecule has 1 fully saturated rings. The molecule has 17 heavy (non-hydrogen) atoms. The summed E-state index contributed by atoms with van der Waals surface area (Å²) in [6, 6.07) is 1.61. The third-order valence-electron chi connectivity index (χ3n) is 3.07. The smallest absolute Gasteiger partial charge is 0.254 e. The van der Waals surface area contributed by atoms with Gasteiger partial charge in [0, 0.05) is 31.5 Å². The molecular formula is C12H15ClN2O2. The number of hydrogen-bond donors (Lipinski definition) is 1. The van der Waals surface area contributed by atoms with Gasteiger partial charge in [0.1, 0.15) is 0 Å².